The number of halogens is 1. The minimum absolute atomic E-state index is 0.182. The lowest BCUT2D eigenvalue weighted by Gasteiger charge is -2.22. The summed E-state index contributed by atoms with van der Waals surface area (Å²) >= 11 is 7.39. The Morgan fingerprint density at radius 2 is 2.06 bits per heavy atom. The van der Waals surface area contributed by atoms with Crippen molar-refractivity contribution in [3.8, 4) is 0 Å². The maximum absolute atomic E-state index is 12.0. The van der Waals surface area contributed by atoms with Crippen LogP contribution in [-0.4, -0.2) is 47.9 Å². The molecule has 3 nitrogen and oxygen atoms in total. The van der Waals surface area contributed by atoms with E-state index in [1.165, 1.54) is 0 Å². The minimum atomic E-state index is -3.08. The average Bonchev–Trinajstić information content (AvgIpc) is 2.36. The summed E-state index contributed by atoms with van der Waals surface area (Å²) in [7, 11) is -3.08. The van der Waals surface area contributed by atoms with E-state index >= 15 is 0 Å². The minimum Gasteiger partial charge on any atom is -0.212 e. The van der Waals surface area contributed by atoms with Crippen molar-refractivity contribution in [1.29, 1.82) is 0 Å². The predicted molar refractivity (Wildman–Crippen MR) is 71.9 cm³/mol. The number of thioether (sulfide) groups is 1. The lowest BCUT2D eigenvalue weighted by molar-refractivity contribution is 0.415. The van der Waals surface area contributed by atoms with Gasteiger partial charge in [-0.2, -0.15) is 11.8 Å². The van der Waals surface area contributed by atoms with Gasteiger partial charge in [0, 0.05) is 29.5 Å². The summed E-state index contributed by atoms with van der Waals surface area (Å²) in [6.45, 7) is 5.63. The molecule has 6 heteroatoms. The zero-order valence-electron chi connectivity index (χ0n) is 9.91. The van der Waals surface area contributed by atoms with Gasteiger partial charge in [-0.25, -0.2) is 12.7 Å². The van der Waals surface area contributed by atoms with Gasteiger partial charge in [-0.1, -0.05) is 13.8 Å². The Labute approximate surface area is 108 Å². The van der Waals surface area contributed by atoms with Crippen LogP contribution in [0.1, 0.15) is 26.7 Å². The monoisotopic (exact) mass is 285 g/mol. The van der Waals surface area contributed by atoms with Gasteiger partial charge < -0.3 is 0 Å². The first-order valence-electron chi connectivity index (χ1n) is 5.55. The third kappa shape index (κ3) is 4.43. The molecule has 0 aromatic heterocycles. The second kappa shape index (κ2) is 5.94. The van der Waals surface area contributed by atoms with E-state index in [0.717, 1.165) is 12.2 Å². The van der Waals surface area contributed by atoms with Crippen LogP contribution in [0.15, 0.2) is 0 Å². The fraction of sp³-hybridized carbons (Fsp3) is 1.00. The normalized spacial score (nSPS) is 22.9. The van der Waals surface area contributed by atoms with E-state index in [9.17, 15) is 8.42 Å². The molecular formula is C10H20ClNO2S2. The Hall–Kier alpha value is 0.550. The molecule has 0 atom stereocenters. The van der Waals surface area contributed by atoms with E-state index in [-0.39, 0.29) is 10.5 Å². The number of rotatable bonds is 4. The Kier molecular flexibility index (Phi) is 5.42. The van der Waals surface area contributed by atoms with Gasteiger partial charge in [0.1, 0.15) is 0 Å². The Morgan fingerprint density at radius 3 is 2.69 bits per heavy atom. The SMILES string of the molecule is CC1(C)CCN(S(=O)(=O)CCCCl)CCS1. The average molecular weight is 286 g/mol. The van der Waals surface area contributed by atoms with Crippen LogP contribution in [0, 0.1) is 0 Å². The van der Waals surface area contributed by atoms with Crippen LogP contribution in [0.25, 0.3) is 0 Å². The molecule has 1 aliphatic rings. The predicted octanol–water partition coefficient (Wildman–Crippen LogP) is 2.16. The maximum atomic E-state index is 12.0. The molecule has 1 fully saturated rings. The molecule has 0 radical (unpaired) electrons. The van der Waals surface area contributed by atoms with Crippen molar-refractivity contribution < 1.29 is 8.42 Å². The molecule has 16 heavy (non-hydrogen) atoms. The number of hydrogen-bond donors (Lipinski definition) is 0. The van der Waals surface area contributed by atoms with Gasteiger partial charge in [0.2, 0.25) is 10.0 Å². The van der Waals surface area contributed by atoms with E-state index in [4.69, 9.17) is 11.6 Å². The zero-order valence-corrected chi connectivity index (χ0v) is 12.3. The van der Waals surface area contributed by atoms with Gasteiger partial charge >= 0.3 is 0 Å². The molecule has 0 aliphatic carbocycles. The zero-order chi connectivity index (χ0) is 12.2. The molecule has 1 aliphatic heterocycles. The Balaban J connectivity index is 2.60. The van der Waals surface area contributed by atoms with Gasteiger partial charge in [0.25, 0.3) is 0 Å². The highest BCUT2D eigenvalue weighted by Crippen LogP contribution is 2.31. The van der Waals surface area contributed by atoms with Crippen molar-refractivity contribution in [2.45, 2.75) is 31.4 Å². The maximum Gasteiger partial charge on any atom is 0.214 e. The molecule has 0 bridgehead atoms. The highest BCUT2D eigenvalue weighted by Gasteiger charge is 2.29. The molecule has 1 heterocycles. The molecule has 0 N–H and O–H groups in total. The topological polar surface area (TPSA) is 37.4 Å². The van der Waals surface area contributed by atoms with E-state index < -0.39 is 10.0 Å². The molecule has 0 aromatic carbocycles. The third-order valence-corrected chi connectivity index (χ3v) is 6.32. The lowest BCUT2D eigenvalue weighted by Crippen LogP contribution is -2.35. The molecule has 1 rings (SSSR count). The van der Waals surface area contributed by atoms with Crippen molar-refractivity contribution in [2.75, 3.05) is 30.5 Å². The van der Waals surface area contributed by atoms with Gasteiger partial charge in [-0.3, -0.25) is 0 Å². The largest absolute Gasteiger partial charge is 0.214 e. The van der Waals surface area contributed by atoms with Crippen molar-refractivity contribution in [2.24, 2.45) is 0 Å². The standard InChI is InChI=1S/C10H20ClNO2S2/c1-10(2)4-6-12(7-8-15-10)16(13,14)9-3-5-11/h3-9H2,1-2H3. The van der Waals surface area contributed by atoms with E-state index in [2.05, 4.69) is 13.8 Å². The lowest BCUT2D eigenvalue weighted by atomic mass is 10.1. The van der Waals surface area contributed by atoms with Gasteiger partial charge in [0.05, 0.1) is 5.75 Å². The summed E-state index contributed by atoms with van der Waals surface area (Å²) in [6, 6.07) is 0. The van der Waals surface area contributed by atoms with Crippen molar-refractivity contribution in [3.05, 3.63) is 0 Å². The summed E-state index contributed by atoms with van der Waals surface area (Å²) in [4.78, 5) is 0. The molecule has 0 spiro atoms. The fourth-order valence-electron chi connectivity index (χ4n) is 1.65. The van der Waals surface area contributed by atoms with Crippen molar-refractivity contribution >= 4 is 33.4 Å². The summed E-state index contributed by atoms with van der Waals surface area (Å²) in [5.74, 6) is 1.47. The fourth-order valence-corrected chi connectivity index (χ4v) is 4.66. The van der Waals surface area contributed by atoms with Crippen LogP contribution < -0.4 is 0 Å². The third-order valence-electron chi connectivity index (χ3n) is 2.73. The molecule has 1 saturated heterocycles. The second-order valence-electron chi connectivity index (χ2n) is 4.62. The first-order chi connectivity index (χ1) is 7.37. The quantitative estimate of drug-likeness (QED) is 0.743. The van der Waals surface area contributed by atoms with Crippen LogP contribution >= 0.6 is 23.4 Å². The van der Waals surface area contributed by atoms with Gasteiger partial charge in [0.15, 0.2) is 0 Å². The molecule has 0 saturated carbocycles. The van der Waals surface area contributed by atoms with E-state index in [0.29, 0.717) is 25.4 Å². The van der Waals surface area contributed by atoms with Crippen LogP contribution in [0.2, 0.25) is 0 Å². The van der Waals surface area contributed by atoms with E-state index in [1.54, 1.807) is 4.31 Å². The number of nitrogens with zero attached hydrogens (tertiary/aromatic N) is 1. The first kappa shape index (κ1) is 14.6. The first-order valence-corrected chi connectivity index (χ1v) is 8.68. The molecule has 96 valence electrons. The van der Waals surface area contributed by atoms with Gasteiger partial charge in [-0.15, -0.1) is 11.6 Å². The van der Waals surface area contributed by atoms with Crippen LogP contribution in [0.5, 0.6) is 0 Å². The van der Waals surface area contributed by atoms with Crippen molar-refractivity contribution in [1.82, 2.24) is 4.31 Å². The highest BCUT2D eigenvalue weighted by molar-refractivity contribution is 8.00. The summed E-state index contributed by atoms with van der Waals surface area (Å²) in [5, 5.41) is 0. The Morgan fingerprint density at radius 1 is 1.38 bits per heavy atom. The summed E-state index contributed by atoms with van der Waals surface area (Å²) < 4.78 is 25.8. The smallest absolute Gasteiger partial charge is 0.212 e. The van der Waals surface area contributed by atoms with E-state index in [1.807, 2.05) is 11.8 Å². The highest BCUT2D eigenvalue weighted by atomic mass is 35.5. The van der Waals surface area contributed by atoms with Crippen LogP contribution in [-0.2, 0) is 10.0 Å². The van der Waals surface area contributed by atoms with Crippen molar-refractivity contribution in [3.63, 3.8) is 0 Å². The van der Waals surface area contributed by atoms with Crippen LogP contribution in [0.3, 0.4) is 0 Å². The molecule has 0 aromatic rings. The summed E-state index contributed by atoms with van der Waals surface area (Å²) in [6.07, 6.45) is 1.45. The number of sulfonamides is 1. The number of hydrogen-bond acceptors (Lipinski definition) is 3. The second-order valence-corrected chi connectivity index (χ2v) is 8.88. The summed E-state index contributed by atoms with van der Waals surface area (Å²) in [5.41, 5.74) is 0. The molecule has 0 unspecified atom stereocenters. The molecule has 0 amide bonds. The Bertz CT molecular complexity index is 317. The number of alkyl halides is 1. The molecular weight excluding hydrogens is 266 g/mol. The van der Waals surface area contributed by atoms with Gasteiger partial charge in [-0.05, 0) is 12.8 Å². The van der Waals surface area contributed by atoms with Crippen LogP contribution in [0.4, 0.5) is 0 Å².